The third-order valence-corrected chi connectivity index (χ3v) is 5.62. The van der Waals surface area contributed by atoms with Crippen molar-refractivity contribution in [2.24, 2.45) is 5.10 Å². The quantitative estimate of drug-likeness (QED) is 0.327. The Morgan fingerprint density at radius 1 is 1.12 bits per heavy atom. The standard InChI is InChI=1S/C25H32N4O4/c1-4-6-19-7-5-8-20(25(19)31)16-26-27-24(30)18-29-13-11-28(12-14-29)17-21-15-22(32-2)9-10-23(21)33-3/h4-5,7-10,15-16,31H,1,6,11-14,17-18H2,2-3H3,(H,27,30)/b26-16-. The molecular formula is C25H32N4O4. The van der Waals surface area contributed by atoms with Crippen LogP contribution in [0, 0.1) is 0 Å². The fourth-order valence-corrected chi connectivity index (χ4v) is 3.80. The lowest BCUT2D eigenvalue weighted by Gasteiger charge is -2.34. The van der Waals surface area contributed by atoms with Gasteiger partial charge < -0.3 is 14.6 Å². The summed E-state index contributed by atoms with van der Waals surface area (Å²) in [5.41, 5.74) is 4.95. The number of ether oxygens (including phenoxy) is 2. The maximum atomic E-state index is 12.3. The molecular weight excluding hydrogens is 420 g/mol. The van der Waals surface area contributed by atoms with Crippen molar-refractivity contribution in [3.63, 3.8) is 0 Å². The van der Waals surface area contributed by atoms with E-state index in [2.05, 4.69) is 26.9 Å². The van der Waals surface area contributed by atoms with Gasteiger partial charge in [-0.3, -0.25) is 14.6 Å². The van der Waals surface area contributed by atoms with Crippen LogP contribution in [-0.4, -0.2) is 74.0 Å². The minimum Gasteiger partial charge on any atom is -0.507 e. The Kier molecular flexibility index (Phi) is 8.86. The number of phenols is 1. The van der Waals surface area contributed by atoms with E-state index in [0.29, 0.717) is 12.0 Å². The number of hydrogen-bond acceptors (Lipinski definition) is 7. The van der Waals surface area contributed by atoms with Crippen molar-refractivity contribution in [3.8, 4) is 17.2 Å². The molecule has 1 fully saturated rings. The maximum absolute atomic E-state index is 12.3. The van der Waals surface area contributed by atoms with E-state index in [0.717, 1.165) is 55.3 Å². The zero-order valence-electron chi connectivity index (χ0n) is 19.3. The van der Waals surface area contributed by atoms with E-state index in [-0.39, 0.29) is 18.2 Å². The molecule has 1 heterocycles. The van der Waals surface area contributed by atoms with Crippen molar-refractivity contribution < 1.29 is 19.4 Å². The first-order valence-electron chi connectivity index (χ1n) is 10.9. The molecule has 176 valence electrons. The van der Waals surface area contributed by atoms with Gasteiger partial charge >= 0.3 is 0 Å². The van der Waals surface area contributed by atoms with Gasteiger partial charge in [0.2, 0.25) is 0 Å². The molecule has 0 saturated carbocycles. The summed E-state index contributed by atoms with van der Waals surface area (Å²) in [7, 11) is 3.33. The average molecular weight is 453 g/mol. The lowest BCUT2D eigenvalue weighted by molar-refractivity contribution is -0.122. The van der Waals surface area contributed by atoms with E-state index in [1.807, 2.05) is 30.3 Å². The molecule has 1 aliphatic rings. The van der Waals surface area contributed by atoms with E-state index in [1.165, 1.54) is 6.21 Å². The average Bonchev–Trinajstić information content (AvgIpc) is 2.82. The predicted octanol–water partition coefficient (Wildman–Crippen LogP) is 2.41. The van der Waals surface area contributed by atoms with Crippen LogP contribution in [-0.2, 0) is 17.8 Å². The van der Waals surface area contributed by atoms with Crippen molar-refractivity contribution in [2.75, 3.05) is 46.9 Å². The SMILES string of the molecule is C=CCc1cccc(/C=N\NC(=O)CN2CCN(Cc3cc(OC)ccc3OC)CC2)c1O. The van der Waals surface area contributed by atoms with Crippen LogP contribution in [0.1, 0.15) is 16.7 Å². The first-order valence-corrected chi connectivity index (χ1v) is 10.9. The van der Waals surface area contributed by atoms with E-state index >= 15 is 0 Å². The van der Waals surface area contributed by atoms with E-state index in [1.54, 1.807) is 26.4 Å². The van der Waals surface area contributed by atoms with Gasteiger partial charge in [-0.1, -0.05) is 18.2 Å². The van der Waals surface area contributed by atoms with Gasteiger partial charge in [0.1, 0.15) is 17.2 Å². The highest BCUT2D eigenvalue weighted by Gasteiger charge is 2.20. The first kappa shape index (κ1) is 24.3. The minimum absolute atomic E-state index is 0.152. The summed E-state index contributed by atoms with van der Waals surface area (Å²) in [4.78, 5) is 16.7. The van der Waals surface area contributed by atoms with Gasteiger partial charge in [0.05, 0.1) is 27.0 Å². The molecule has 0 aromatic heterocycles. The number of para-hydroxylation sites is 1. The zero-order chi connectivity index (χ0) is 23.6. The summed E-state index contributed by atoms with van der Waals surface area (Å²) >= 11 is 0. The van der Waals surface area contributed by atoms with E-state index in [4.69, 9.17) is 9.47 Å². The van der Waals surface area contributed by atoms with Crippen LogP contribution in [0.3, 0.4) is 0 Å². The van der Waals surface area contributed by atoms with Crippen LogP contribution in [0.2, 0.25) is 0 Å². The second-order valence-electron chi connectivity index (χ2n) is 7.87. The van der Waals surface area contributed by atoms with Gasteiger partial charge in [0, 0.05) is 43.9 Å². The molecule has 8 heteroatoms. The maximum Gasteiger partial charge on any atom is 0.254 e. The molecule has 0 aliphatic carbocycles. The van der Waals surface area contributed by atoms with Gasteiger partial charge in [-0.05, 0) is 36.2 Å². The number of allylic oxidation sites excluding steroid dienone is 1. The normalized spacial score (nSPS) is 14.8. The number of phenolic OH excluding ortho intramolecular Hbond substituents is 1. The van der Waals surface area contributed by atoms with Crippen LogP contribution in [0.5, 0.6) is 17.2 Å². The van der Waals surface area contributed by atoms with Gasteiger partial charge in [-0.15, -0.1) is 6.58 Å². The smallest absolute Gasteiger partial charge is 0.254 e. The molecule has 1 saturated heterocycles. The molecule has 3 rings (SSSR count). The van der Waals surface area contributed by atoms with Gasteiger partial charge in [0.15, 0.2) is 0 Å². The number of aromatic hydroxyl groups is 1. The van der Waals surface area contributed by atoms with Crippen LogP contribution >= 0.6 is 0 Å². The molecule has 1 amide bonds. The molecule has 2 aromatic rings. The van der Waals surface area contributed by atoms with Crippen LogP contribution in [0.25, 0.3) is 0 Å². The number of piperazine rings is 1. The molecule has 0 radical (unpaired) electrons. The third kappa shape index (κ3) is 6.81. The lowest BCUT2D eigenvalue weighted by atomic mass is 10.1. The van der Waals surface area contributed by atoms with Crippen molar-refractivity contribution in [3.05, 3.63) is 65.7 Å². The number of nitrogens with zero attached hydrogens (tertiary/aromatic N) is 3. The Labute approximate surface area is 195 Å². The molecule has 0 bridgehead atoms. The van der Waals surface area contributed by atoms with Crippen molar-refractivity contribution in [2.45, 2.75) is 13.0 Å². The molecule has 0 unspecified atom stereocenters. The monoisotopic (exact) mass is 452 g/mol. The number of benzene rings is 2. The Morgan fingerprint density at radius 3 is 2.58 bits per heavy atom. The van der Waals surface area contributed by atoms with Crippen molar-refractivity contribution >= 4 is 12.1 Å². The number of carbonyl (C=O) groups is 1. The number of hydrogen-bond donors (Lipinski definition) is 2. The summed E-state index contributed by atoms with van der Waals surface area (Å²) in [5, 5.41) is 14.3. The highest BCUT2D eigenvalue weighted by molar-refractivity contribution is 5.86. The summed E-state index contributed by atoms with van der Waals surface area (Å²) in [6.45, 7) is 7.99. The Bertz CT molecular complexity index is 984. The second kappa shape index (κ2) is 12.0. The van der Waals surface area contributed by atoms with Gasteiger partial charge in [-0.2, -0.15) is 5.10 Å². The minimum atomic E-state index is -0.184. The van der Waals surface area contributed by atoms with Gasteiger partial charge in [-0.25, -0.2) is 5.43 Å². The molecule has 1 aliphatic heterocycles. The molecule has 2 N–H and O–H groups in total. The lowest BCUT2D eigenvalue weighted by Crippen LogP contribution is -2.48. The van der Waals surface area contributed by atoms with E-state index < -0.39 is 0 Å². The highest BCUT2D eigenvalue weighted by atomic mass is 16.5. The van der Waals surface area contributed by atoms with Crippen LogP contribution in [0.15, 0.2) is 54.2 Å². The summed E-state index contributed by atoms with van der Waals surface area (Å²) < 4.78 is 10.8. The first-order chi connectivity index (χ1) is 16.0. The molecule has 0 spiro atoms. The topological polar surface area (TPSA) is 86.6 Å². The summed E-state index contributed by atoms with van der Waals surface area (Å²) in [6, 6.07) is 11.2. The highest BCUT2D eigenvalue weighted by Crippen LogP contribution is 2.25. The van der Waals surface area contributed by atoms with Crippen LogP contribution < -0.4 is 14.9 Å². The number of rotatable bonds is 10. The second-order valence-corrected chi connectivity index (χ2v) is 7.87. The number of hydrazone groups is 1. The van der Waals surface area contributed by atoms with E-state index in [9.17, 15) is 9.90 Å². The fourth-order valence-electron chi connectivity index (χ4n) is 3.80. The number of nitrogens with one attached hydrogen (secondary N) is 1. The zero-order valence-corrected chi connectivity index (χ0v) is 19.3. The molecule has 2 aromatic carbocycles. The Morgan fingerprint density at radius 2 is 1.88 bits per heavy atom. The van der Waals surface area contributed by atoms with Crippen molar-refractivity contribution in [1.82, 2.24) is 15.2 Å². The number of methoxy groups -OCH3 is 2. The largest absolute Gasteiger partial charge is 0.507 e. The predicted molar refractivity (Wildman–Crippen MR) is 129 cm³/mol. The fraction of sp³-hybridized carbons (Fsp3) is 0.360. The van der Waals surface area contributed by atoms with Gasteiger partial charge in [0.25, 0.3) is 5.91 Å². The van der Waals surface area contributed by atoms with Crippen LogP contribution in [0.4, 0.5) is 0 Å². The Balaban J connectivity index is 1.46. The molecule has 33 heavy (non-hydrogen) atoms. The Hall–Kier alpha value is -3.36. The summed E-state index contributed by atoms with van der Waals surface area (Å²) in [6.07, 6.45) is 3.75. The number of carbonyl (C=O) groups excluding carboxylic acids is 1. The third-order valence-electron chi connectivity index (χ3n) is 5.62. The molecule has 8 nitrogen and oxygen atoms in total. The molecule has 0 atom stereocenters. The summed E-state index contributed by atoms with van der Waals surface area (Å²) in [5.74, 6) is 1.62. The van der Waals surface area contributed by atoms with Crippen molar-refractivity contribution in [1.29, 1.82) is 0 Å². The number of amides is 1.